The number of amides is 1. The molecule has 1 heterocycles. The number of hydrogen-bond acceptors (Lipinski definition) is 3. The van der Waals surface area contributed by atoms with Gasteiger partial charge >= 0.3 is 0 Å². The third-order valence-corrected chi connectivity index (χ3v) is 4.92. The summed E-state index contributed by atoms with van der Waals surface area (Å²) >= 11 is 6.35. The van der Waals surface area contributed by atoms with Crippen molar-refractivity contribution in [2.24, 2.45) is 5.73 Å². The predicted octanol–water partition coefficient (Wildman–Crippen LogP) is 3.26. The number of fused-ring (bicyclic) bond motifs is 1. The van der Waals surface area contributed by atoms with E-state index in [0.717, 1.165) is 19.3 Å². The maximum absolute atomic E-state index is 13.8. The fourth-order valence-electron chi connectivity index (χ4n) is 2.50. The Morgan fingerprint density at radius 3 is 2.90 bits per heavy atom. The van der Waals surface area contributed by atoms with Crippen molar-refractivity contribution < 1.29 is 9.18 Å². The van der Waals surface area contributed by atoms with Crippen molar-refractivity contribution in [3.63, 3.8) is 0 Å². The number of carbonyl (C=O) groups excluding carboxylic acids is 1. The van der Waals surface area contributed by atoms with E-state index < -0.39 is 5.82 Å². The standard InChI is InChI=1S/C15H13FN2OS2/c16-9-4-2-5-10(13(9)14(17)20)18-15(19)12-7-8-3-1-6-11(8)21-12/h2,4-5,7H,1,3,6H2,(H2,17,20)(H,18,19). The second kappa shape index (κ2) is 5.54. The lowest BCUT2D eigenvalue weighted by Crippen LogP contribution is -2.18. The van der Waals surface area contributed by atoms with E-state index in [2.05, 4.69) is 5.32 Å². The van der Waals surface area contributed by atoms with E-state index in [-0.39, 0.29) is 16.5 Å². The predicted molar refractivity (Wildman–Crippen MR) is 86.6 cm³/mol. The maximum Gasteiger partial charge on any atom is 0.265 e. The van der Waals surface area contributed by atoms with Gasteiger partial charge in [-0.25, -0.2) is 4.39 Å². The number of halogens is 1. The molecule has 1 aliphatic carbocycles. The van der Waals surface area contributed by atoms with Gasteiger partial charge in [0, 0.05) is 4.88 Å². The van der Waals surface area contributed by atoms with Gasteiger partial charge in [0.15, 0.2) is 0 Å². The lowest BCUT2D eigenvalue weighted by Gasteiger charge is -2.10. The minimum Gasteiger partial charge on any atom is -0.389 e. The molecule has 3 N–H and O–H groups in total. The number of rotatable bonds is 3. The molecule has 108 valence electrons. The number of thiocarbonyl (C=S) groups is 1. The number of benzene rings is 1. The van der Waals surface area contributed by atoms with Crippen LogP contribution in [0.3, 0.4) is 0 Å². The van der Waals surface area contributed by atoms with Crippen LogP contribution in [-0.2, 0) is 12.8 Å². The Morgan fingerprint density at radius 1 is 1.38 bits per heavy atom. The summed E-state index contributed by atoms with van der Waals surface area (Å²) in [6.45, 7) is 0. The van der Waals surface area contributed by atoms with Crippen LogP contribution >= 0.6 is 23.6 Å². The third kappa shape index (κ3) is 2.69. The highest BCUT2D eigenvalue weighted by atomic mass is 32.1. The molecule has 1 amide bonds. The Kier molecular flexibility index (Phi) is 3.73. The van der Waals surface area contributed by atoms with Gasteiger partial charge in [-0.3, -0.25) is 4.79 Å². The highest BCUT2D eigenvalue weighted by molar-refractivity contribution is 7.80. The molecule has 6 heteroatoms. The van der Waals surface area contributed by atoms with Gasteiger partial charge in [0.25, 0.3) is 5.91 Å². The van der Waals surface area contributed by atoms with Gasteiger partial charge in [-0.2, -0.15) is 0 Å². The summed E-state index contributed by atoms with van der Waals surface area (Å²) in [5.74, 6) is -0.786. The lowest BCUT2D eigenvalue weighted by molar-refractivity contribution is 0.103. The van der Waals surface area contributed by atoms with Crippen molar-refractivity contribution in [2.75, 3.05) is 5.32 Å². The molecule has 3 rings (SSSR count). The lowest BCUT2D eigenvalue weighted by atomic mass is 10.1. The highest BCUT2D eigenvalue weighted by Gasteiger charge is 2.20. The number of thiophene rings is 1. The van der Waals surface area contributed by atoms with E-state index in [4.69, 9.17) is 18.0 Å². The molecule has 3 nitrogen and oxygen atoms in total. The first kappa shape index (κ1) is 14.2. The quantitative estimate of drug-likeness (QED) is 0.854. The molecule has 0 saturated heterocycles. The van der Waals surface area contributed by atoms with Gasteiger partial charge in [-0.1, -0.05) is 18.3 Å². The van der Waals surface area contributed by atoms with Crippen LogP contribution in [0.25, 0.3) is 0 Å². The van der Waals surface area contributed by atoms with Crippen molar-refractivity contribution in [1.82, 2.24) is 0 Å². The topological polar surface area (TPSA) is 55.1 Å². The Labute approximate surface area is 131 Å². The minimum absolute atomic E-state index is 0.0722. The minimum atomic E-state index is -0.533. The van der Waals surface area contributed by atoms with Gasteiger partial charge in [0.1, 0.15) is 10.8 Å². The van der Waals surface area contributed by atoms with E-state index in [1.165, 1.54) is 33.9 Å². The van der Waals surface area contributed by atoms with E-state index in [1.54, 1.807) is 6.07 Å². The van der Waals surface area contributed by atoms with Gasteiger partial charge in [0.2, 0.25) is 0 Å². The number of hydrogen-bond donors (Lipinski definition) is 2. The molecule has 21 heavy (non-hydrogen) atoms. The summed E-state index contributed by atoms with van der Waals surface area (Å²) in [6.07, 6.45) is 3.21. The zero-order valence-corrected chi connectivity index (χ0v) is 12.7. The van der Waals surface area contributed by atoms with Crippen LogP contribution in [0.5, 0.6) is 0 Å². The Bertz CT molecular complexity index is 718. The molecule has 0 unspecified atom stereocenters. The zero-order valence-electron chi connectivity index (χ0n) is 11.1. The molecular weight excluding hydrogens is 307 g/mol. The van der Waals surface area contributed by atoms with E-state index in [1.807, 2.05) is 6.07 Å². The molecule has 0 aliphatic heterocycles. The van der Waals surface area contributed by atoms with E-state index in [0.29, 0.717) is 10.6 Å². The number of carbonyl (C=O) groups is 1. The molecule has 1 aromatic heterocycles. The summed E-state index contributed by atoms with van der Waals surface area (Å²) < 4.78 is 13.8. The molecule has 0 saturated carbocycles. The van der Waals surface area contributed by atoms with Crippen LogP contribution in [0.4, 0.5) is 10.1 Å². The first-order valence-electron chi connectivity index (χ1n) is 6.57. The summed E-state index contributed by atoms with van der Waals surface area (Å²) in [4.78, 5) is 14.1. The molecular formula is C15H13FN2OS2. The number of nitrogens with two attached hydrogens (primary N) is 1. The smallest absolute Gasteiger partial charge is 0.265 e. The zero-order chi connectivity index (χ0) is 15.0. The third-order valence-electron chi connectivity index (χ3n) is 3.48. The average Bonchev–Trinajstić information content (AvgIpc) is 2.98. The largest absolute Gasteiger partial charge is 0.389 e. The van der Waals surface area contributed by atoms with Crippen molar-refractivity contribution in [3.8, 4) is 0 Å². The first-order valence-corrected chi connectivity index (χ1v) is 7.80. The second-order valence-corrected chi connectivity index (χ2v) is 6.47. The fraction of sp³-hybridized carbons (Fsp3) is 0.200. The number of nitrogens with one attached hydrogen (secondary N) is 1. The molecule has 1 aromatic carbocycles. The molecule has 0 fully saturated rings. The molecule has 0 bridgehead atoms. The molecule has 0 spiro atoms. The molecule has 1 aliphatic rings. The maximum atomic E-state index is 13.8. The van der Waals surface area contributed by atoms with Crippen LogP contribution in [0, 0.1) is 5.82 Å². The SMILES string of the molecule is NC(=S)c1c(F)cccc1NC(=O)c1cc2c(s1)CCC2. The van der Waals surface area contributed by atoms with E-state index >= 15 is 0 Å². The average molecular weight is 320 g/mol. The Morgan fingerprint density at radius 2 is 2.19 bits per heavy atom. The molecule has 2 aromatic rings. The Hall–Kier alpha value is -1.79. The summed E-state index contributed by atoms with van der Waals surface area (Å²) in [5, 5.41) is 2.70. The van der Waals surface area contributed by atoms with Gasteiger partial charge in [-0.15, -0.1) is 11.3 Å². The van der Waals surface area contributed by atoms with Crippen molar-refractivity contribution in [3.05, 3.63) is 51.0 Å². The molecule has 0 atom stereocenters. The van der Waals surface area contributed by atoms with Crippen LogP contribution in [0.2, 0.25) is 0 Å². The fourth-order valence-corrected chi connectivity index (χ4v) is 3.86. The van der Waals surface area contributed by atoms with Crippen molar-refractivity contribution in [1.29, 1.82) is 0 Å². The first-order chi connectivity index (χ1) is 10.1. The van der Waals surface area contributed by atoms with Crippen molar-refractivity contribution >= 4 is 40.1 Å². The number of aryl methyl sites for hydroxylation is 2. The van der Waals surface area contributed by atoms with Crippen LogP contribution in [0.15, 0.2) is 24.3 Å². The number of anilines is 1. The summed E-state index contributed by atoms with van der Waals surface area (Å²) in [6, 6.07) is 6.30. The Balaban J connectivity index is 1.88. The highest BCUT2D eigenvalue weighted by Crippen LogP contribution is 2.31. The van der Waals surface area contributed by atoms with Gasteiger partial charge in [-0.05, 0) is 43.0 Å². The van der Waals surface area contributed by atoms with Crippen molar-refractivity contribution in [2.45, 2.75) is 19.3 Å². The van der Waals surface area contributed by atoms with Crippen LogP contribution < -0.4 is 11.1 Å². The second-order valence-electron chi connectivity index (χ2n) is 4.89. The summed E-state index contributed by atoms with van der Waals surface area (Å²) in [5.41, 5.74) is 7.16. The summed E-state index contributed by atoms with van der Waals surface area (Å²) in [7, 11) is 0. The van der Waals surface area contributed by atoms with E-state index in [9.17, 15) is 9.18 Å². The normalized spacial score (nSPS) is 13.0. The van der Waals surface area contributed by atoms with Crippen LogP contribution in [0.1, 0.15) is 32.1 Å². The van der Waals surface area contributed by atoms with Gasteiger partial charge in [0.05, 0.1) is 16.1 Å². The van der Waals surface area contributed by atoms with Gasteiger partial charge < -0.3 is 11.1 Å². The molecule has 0 radical (unpaired) electrons. The van der Waals surface area contributed by atoms with Crippen LogP contribution in [-0.4, -0.2) is 10.9 Å². The monoisotopic (exact) mass is 320 g/mol.